The van der Waals surface area contributed by atoms with Crippen LogP contribution >= 0.6 is 0 Å². The van der Waals surface area contributed by atoms with Gasteiger partial charge in [0.15, 0.2) is 5.82 Å². The number of carbonyl (C=O) groups is 1. The standard InChI is InChI=1S/C24H21F3N8O/c1-34-23(30-17-6-2-14(3-7-17)19-10-11-29-22(28)31-19)32-21(33-34)15-4-8-18(9-5-15)35-13-16(12-20(35)36)24(25,26)27/h2-11,16H,12-13H2,1H3,(H2,28,29,31)(H,30,32,33)/t16-/m1/s1. The van der Waals surface area contributed by atoms with Crippen LogP contribution in [0, 0.1) is 5.92 Å². The van der Waals surface area contributed by atoms with Gasteiger partial charge in [0.05, 0.1) is 11.6 Å². The van der Waals surface area contributed by atoms with Gasteiger partial charge in [-0.1, -0.05) is 12.1 Å². The average Bonchev–Trinajstić information content (AvgIpc) is 3.42. The van der Waals surface area contributed by atoms with Crippen molar-refractivity contribution < 1.29 is 18.0 Å². The van der Waals surface area contributed by atoms with E-state index in [1.165, 1.54) is 4.90 Å². The molecule has 1 aliphatic heterocycles. The van der Waals surface area contributed by atoms with Gasteiger partial charge in [-0.25, -0.2) is 14.6 Å². The van der Waals surface area contributed by atoms with E-state index in [0.717, 1.165) is 11.3 Å². The van der Waals surface area contributed by atoms with Gasteiger partial charge in [0, 0.05) is 48.7 Å². The van der Waals surface area contributed by atoms with Gasteiger partial charge in [0.1, 0.15) is 0 Å². The van der Waals surface area contributed by atoms with Gasteiger partial charge in [-0.2, -0.15) is 18.2 Å². The summed E-state index contributed by atoms with van der Waals surface area (Å²) >= 11 is 0. The monoisotopic (exact) mass is 494 g/mol. The largest absolute Gasteiger partial charge is 0.394 e. The molecule has 0 spiro atoms. The first kappa shape index (κ1) is 23.3. The van der Waals surface area contributed by atoms with E-state index in [1.807, 2.05) is 24.3 Å². The van der Waals surface area contributed by atoms with Gasteiger partial charge in [-0.15, -0.1) is 5.10 Å². The Morgan fingerprint density at radius 1 is 1.00 bits per heavy atom. The summed E-state index contributed by atoms with van der Waals surface area (Å²) in [4.78, 5) is 25.9. The van der Waals surface area contributed by atoms with Gasteiger partial charge < -0.3 is 16.0 Å². The minimum absolute atomic E-state index is 0.201. The molecule has 1 amide bonds. The number of hydrogen-bond donors (Lipinski definition) is 2. The van der Waals surface area contributed by atoms with Crippen molar-refractivity contribution in [3.8, 4) is 22.6 Å². The molecule has 0 bridgehead atoms. The topological polar surface area (TPSA) is 115 Å². The Labute approximate surface area is 203 Å². The third kappa shape index (κ3) is 4.69. The SMILES string of the molecule is Cn1nc(-c2ccc(N3C[C@H](C(F)(F)F)CC3=O)cc2)nc1Nc1ccc(-c2ccnc(N)n2)cc1. The molecule has 36 heavy (non-hydrogen) atoms. The maximum atomic E-state index is 13.0. The maximum Gasteiger partial charge on any atom is 0.394 e. The molecular formula is C24H21F3N8O. The van der Waals surface area contributed by atoms with Gasteiger partial charge in [0.2, 0.25) is 17.8 Å². The number of anilines is 4. The summed E-state index contributed by atoms with van der Waals surface area (Å²) in [7, 11) is 1.74. The zero-order valence-electron chi connectivity index (χ0n) is 19.1. The smallest absolute Gasteiger partial charge is 0.368 e. The molecule has 0 unspecified atom stereocenters. The lowest BCUT2D eigenvalue weighted by molar-refractivity contribution is -0.169. The van der Waals surface area contributed by atoms with Crippen molar-refractivity contribution in [1.82, 2.24) is 24.7 Å². The summed E-state index contributed by atoms with van der Waals surface area (Å²) in [5, 5.41) is 7.63. The normalized spacial score (nSPS) is 15.9. The molecule has 1 atom stereocenters. The zero-order chi connectivity index (χ0) is 25.4. The van der Waals surface area contributed by atoms with Crippen LogP contribution in [0.1, 0.15) is 6.42 Å². The predicted octanol–water partition coefficient (Wildman–Crippen LogP) is 4.18. The number of amides is 1. The van der Waals surface area contributed by atoms with Crippen LogP contribution in [-0.2, 0) is 11.8 Å². The van der Waals surface area contributed by atoms with Crippen molar-refractivity contribution in [2.45, 2.75) is 12.6 Å². The van der Waals surface area contributed by atoms with E-state index < -0.39 is 24.4 Å². The van der Waals surface area contributed by atoms with E-state index in [0.29, 0.717) is 28.7 Å². The highest BCUT2D eigenvalue weighted by atomic mass is 19.4. The van der Waals surface area contributed by atoms with E-state index in [4.69, 9.17) is 5.73 Å². The van der Waals surface area contributed by atoms with Crippen LogP contribution in [0.5, 0.6) is 0 Å². The molecule has 5 rings (SSSR count). The van der Waals surface area contributed by atoms with E-state index in [-0.39, 0.29) is 12.5 Å². The van der Waals surface area contributed by atoms with Crippen molar-refractivity contribution in [2.75, 3.05) is 22.5 Å². The second kappa shape index (κ2) is 8.95. The molecule has 2 aromatic carbocycles. The quantitative estimate of drug-likeness (QED) is 0.428. The average molecular weight is 494 g/mol. The first-order valence-corrected chi connectivity index (χ1v) is 11.0. The minimum Gasteiger partial charge on any atom is -0.368 e. The van der Waals surface area contributed by atoms with Crippen molar-refractivity contribution in [1.29, 1.82) is 0 Å². The maximum absolute atomic E-state index is 13.0. The van der Waals surface area contributed by atoms with Crippen LogP contribution in [0.3, 0.4) is 0 Å². The van der Waals surface area contributed by atoms with Crippen LogP contribution in [0.2, 0.25) is 0 Å². The lowest BCUT2D eigenvalue weighted by Gasteiger charge is -2.18. The third-order valence-electron chi connectivity index (χ3n) is 5.90. The van der Waals surface area contributed by atoms with Gasteiger partial charge >= 0.3 is 6.18 Å². The van der Waals surface area contributed by atoms with Gasteiger partial charge in [-0.3, -0.25) is 4.79 Å². The number of hydrogen-bond acceptors (Lipinski definition) is 7. The lowest BCUT2D eigenvalue weighted by atomic mass is 10.1. The number of nitrogens with one attached hydrogen (secondary N) is 1. The van der Waals surface area contributed by atoms with E-state index in [2.05, 4.69) is 25.4 Å². The third-order valence-corrected chi connectivity index (χ3v) is 5.90. The second-order valence-corrected chi connectivity index (χ2v) is 8.38. The van der Waals surface area contributed by atoms with E-state index >= 15 is 0 Å². The molecule has 4 aromatic rings. The fraction of sp³-hybridized carbons (Fsp3) is 0.208. The summed E-state index contributed by atoms with van der Waals surface area (Å²) in [6.07, 6.45) is -3.33. The number of benzene rings is 2. The van der Waals surface area contributed by atoms with Gasteiger partial charge in [-0.05, 0) is 42.5 Å². The van der Waals surface area contributed by atoms with Crippen LogP contribution in [0.15, 0.2) is 60.8 Å². The minimum atomic E-state index is -4.39. The number of nitrogens with zero attached hydrogens (tertiary/aromatic N) is 6. The number of nitrogens with two attached hydrogens (primary N) is 1. The first-order chi connectivity index (χ1) is 17.2. The fourth-order valence-electron chi connectivity index (χ4n) is 3.97. The molecule has 184 valence electrons. The highest BCUT2D eigenvalue weighted by Gasteiger charge is 2.47. The van der Waals surface area contributed by atoms with Crippen molar-refractivity contribution in [2.24, 2.45) is 13.0 Å². The molecular weight excluding hydrogens is 473 g/mol. The highest BCUT2D eigenvalue weighted by molar-refractivity contribution is 5.96. The number of nitrogen functional groups attached to an aromatic ring is 1. The van der Waals surface area contributed by atoms with Crippen molar-refractivity contribution in [3.63, 3.8) is 0 Å². The van der Waals surface area contributed by atoms with Crippen LogP contribution in [0.4, 0.5) is 36.4 Å². The molecule has 1 fully saturated rings. The Morgan fingerprint density at radius 3 is 2.33 bits per heavy atom. The molecule has 3 N–H and O–H groups in total. The predicted molar refractivity (Wildman–Crippen MR) is 128 cm³/mol. The van der Waals surface area contributed by atoms with Crippen LogP contribution in [-0.4, -0.2) is 43.4 Å². The molecule has 12 heteroatoms. The van der Waals surface area contributed by atoms with E-state index in [1.54, 1.807) is 48.3 Å². The summed E-state index contributed by atoms with van der Waals surface area (Å²) in [5.41, 5.74) is 9.10. The van der Waals surface area contributed by atoms with Gasteiger partial charge in [0.25, 0.3) is 0 Å². The highest BCUT2D eigenvalue weighted by Crippen LogP contribution is 2.36. The number of halogens is 3. The number of alkyl halides is 3. The second-order valence-electron chi connectivity index (χ2n) is 8.38. The Kier molecular flexibility index (Phi) is 5.78. The lowest BCUT2D eigenvalue weighted by Crippen LogP contribution is -2.28. The molecule has 0 radical (unpaired) electrons. The molecule has 3 heterocycles. The molecule has 0 aliphatic carbocycles. The number of rotatable bonds is 5. The Bertz CT molecular complexity index is 1400. The summed E-state index contributed by atoms with van der Waals surface area (Å²) in [6.45, 7) is -0.374. The fourth-order valence-corrected chi connectivity index (χ4v) is 3.97. The first-order valence-electron chi connectivity index (χ1n) is 11.0. The van der Waals surface area contributed by atoms with Crippen molar-refractivity contribution in [3.05, 3.63) is 60.8 Å². The van der Waals surface area contributed by atoms with Crippen LogP contribution < -0.4 is 16.0 Å². The van der Waals surface area contributed by atoms with Crippen molar-refractivity contribution >= 4 is 29.2 Å². The van der Waals surface area contributed by atoms with Crippen LogP contribution in [0.25, 0.3) is 22.6 Å². The number of carbonyl (C=O) groups excluding carboxylic acids is 1. The molecule has 1 saturated heterocycles. The molecule has 0 saturated carbocycles. The Hall–Kier alpha value is -4.48. The van der Waals surface area contributed by atoms with E-state index in [9.17, 15) is 18.0 Å². The number of aryl methyl sites for hydroxylation is 1. The zero-order valence-corrected chi connectivity index (χ0v) is 19.1. The molecule has 2 aromatic heterocycles. The molecule has 9 nitrogen and oxygen atoms in total. The summed E-state index contributed by atoms with van der Waals surface area (Å²) in [6, 6.07) is 15.9. The Morgan fingerprint density at radius 2 is 1.69 bits per heavy atom. The molecule has 1 aliphatic rings. The summed E-state index contributed by atoms with van der Waals surface area (Å²) < 4.78 is 40.6. The number of aromatic nitrogens is 5. The Balaban J connectivity index is 1.29. The summed E-state index contributed by atoms with van der Waals surface area (Å²) in [5.74, 6) is -1.06.